The minimum atomic E-state index is 0.348. The fourth-order valence-corrected chi connectivity index (χ4v) is 2.68. The van der Waals surface area contributed by atoms with Crippen LogP contribution in [0.3, 0.4) is 0 Å². The number of hydrogen-bond acceptors (Lipinski definition) is 2. The monoisotopic (exact) mass is 198 g/mol. The van der Waals surface area contributed by atoms with Crippen LogP contribution in [0, 0.1) is 5.41 Å². The maximum Gasteiger partial charge on any atom is 0.0159 e. The standard InChI is InChI=1S/C12H26N2/c1-11(2,3)10-12(4,5)14-8-6-13-7-9-14/h13H,6-10H2,1-5H3. The third-order valence-electron chi connectivity index (χ3n) is 2.94. The van der Waals surface area contributed by atoms with Crippen molar-refractivity contribution >= 4 is 0 Å². The zero-order valence-electron chi connectivity index (χ0n) is 10.5. The van der Waals surface area contributed by atoms with Gasteiger partial charge in [-0.2, -0.15) is 0 Å². The smallest absolute Gasteiger partial charge is 0.0159 e. The van der Waals surface area contributed by atoms with Crippen molar-refractivity contribution in [3.05, 3.63) is 0 Å². The predicted octanol–water partition coefficient (Wildman–Crippen LogP) is 2.11. The van der Waals surface area contributed by atoms with Gasteiger partial charge in [-0.3, -0.25) is 4.90 Å². The lowest BCUT2D eigenvalue weighted by Gasteiger charge is -2.44. The molecule has 1 aliphatic heterocycles. The SMILES string of the molecule is CC(C)(C)CC(C)(C)N1CCNCC1. The molecule has 1 rings (SSSR count). The van der Waals surface area contributed by atoms with E-state index in [4.69, 9.17) is 0 Å². The number of hydrogen-bond donors (Lipinski definition) is 1. The van der Waals surface area contributed by atoms with E-state index in [9.17, 15) is 0 Å². The first-order valence-electron chi connectivity index (χ1n) is 5.77. The molecule has 0 aromatic heterocycles. The molecular formula is C12H26N2. The summed E-state index contributed by atoms with van der Waals surface area (Å²) >= 11 is 0. The summed E-state index contributed by atoms with van der Waals surface area (Å²) in [4.78, 5) is 2.62. The molecule has 1 fully saturated rings. The van der Waals surface area contributed by atoms with Crippen molar-refractivity contribution in [2.75, 3.05) is 26.2 Å². The number of nitrogens with zero attached hydrogens (tertiary/aromatic N) is 1. The molecule has 0 unspecified atom stereocenters. The summed E-state index contributed by atoms with van der Waals surface area (Å²) in [5.74, 6) is 0. The Morgan fingerprint density at radius 1 is 1.00 bits per heavy atom. The van der Waals surface area contributed by atoms with Crippen molar-refractivity contribution in [1.29, 1.82) is 0 Å². The largest absolute Gasteiger partial charge is 0.314 e. The Morgan fingerprint density at radius 3 is 1.93 bits per heavy atom. The quantitative estimate of drug-likeness (QED) is 0.731. The molecule has 0 aromatic carbocycles. The van der Waals surface area contributed by atoms with Gasteiger partial charge in [-0.15, -0.1) is 0 Å². The van der Waals surface area contributed by atoms with E-state index < -0.39 is 0 Å². The van der Waals surface area contributed by atoms with Gasteiger partial charge in [0.15, 0.2) is 0 Å². The van der Waals surface area contributed by atoms with Crippen molar-refractivity contribution in [3.8, 4) is 0 Å². The summed E-state index contributed by atoms with van der Waals surface area (Å²) < 4.78 is 0. The molecule has 2 heteroatoms. The molecule has 0 amide bonds. The molecule has 0 aliphatic carbocycles. The van der Waals surface area contributed by atoms with Crippen LogP contribution in [0.1, 0.15) is 41.0 Å². The summed E-state index contributed by atoms with van der Waals surface area (Å²) in [5.41, 5.74) is 0.773. The highest BCUT2D eigenvalue weighted by Gasteiger charge is 2.31. The van der Waals surface area contributed by atoms with Crippen molar-refractivity contribution in [2.45, 2.75) is 46.6 Å². The molecule has 0 spiro atoms. The van der Waals surface area contributed by atoms with Crippen LogP contribution in [0.4, 0.5) is 0 Å². The highest BCUT2D eigenvalue weighted by Crippen LogP contribution is 2.31. The van der Waals surface area contributed by atoms with E-state index in [0.29, 0.717) is 11.0 Å². The van der Waals surface area contributed by atoms with Crippen molar-refractivity contribution < 1.29 is 0 Å². The van der Waals surface area contributed by atoms with Crippen molar-refractivity contribution in [3.63, 3.8) is 0 Å². The molecule has 0 bridgehead atoms. The summed E-state index contributed by atoms with van der Waals surface area (Å²) in [5, 5.41) is 3.41. The first kappa shape index (κ1) is 12.0. The lowest BCUT2D eigenvalue weighted by Crippen LogP contribution is -2.54. The number of rotatable bonds is 2. The first-order valence-corrected chi connectivity index (χ1v) is 5.77. The maximum absolute atomic E-state index is 3.41. The van der Waals surface area contributed by atoms with Crippen LogP contribution >= 0.6 is 0 Å². The second kappa shape index (κ2) is 4.19. The lowest BCUT2D eigenvalue weighted by atomic mass is 9.80. The summed E-state index contributed by atoms with van der Waals surface area (Å²) in [6, 6.07) is 0. The minimum absolute atomic E-state index is 0.348. The Balaban J connectivity index is 2.54. The van der Waals surface area contributed by atoms with E-state index in [1.807, 2.05) is 0 Å². The van der Waals surface area contributed by atoms with Crippen molar-refractivity contribution in [2.24, 2.45) is 5.41 Å². The molecule has 0 radical (unpaired) electrons. The molecular weight excluding hydrogens is 172 g/mol. The second-order valence-corrected chi connectivity index (χ2v) is 6.29. The van der Waals surface area contributed by atoms with Gasteiger partial charge in [0.2, 0.25) is 0 Å². The van der Waals surface area contributed by atoms with Crippen LogP contribution in [-0.2, 0) is 0 Å². The van der Waals surface area contributed by atoms with Crippen LogP contribution in [0.5, 0.6) is 0 Å². The van der Waals surface area contributed by atoms with Crippen LogP contribution in [0.2, 0.25) is 0 Å². The number of nitrogens with one attached hydrogen (secondary N) is 1. The molecule has 1 saturated heterocycles. The van der Waals surface area contributed by atoms with E-state index in [1.165, 1.54) is 19.5 Å². The Bertz CT molecular complexity index is 173. The molecule has 84 valence electrons. The van der Waals surface area contributed by atoms with Gasteiger partial charge in [0.05, 0.1) is 0 Å². The van der Waals surface area contributed by atoms with Gasteiger partial charge < -0.3 is 5.32 Å². The zero-order valence-corrected chi connectivity index (χ0v) is 10.5. The molecule has 1 N–H and O–H groups in total. The highest BCUT2D eigenvalue weighted by molar-refractivity contribution is 4.88. The molecule has 1 aliphatic rings. The Morgan fingerprint density at radius 2 is 1.50 bits per heavy atom. The molecule has 0 saturated carbocycles. The maximum atomic E-state index is 3.41. The number of piperazine rings is 1. The van der Waals surface area contributed by atoms with Gasteiger partial charge in [-0.1, -0.05) is 20.8 Å². The zero-order chi connectivity index (χ0) is 10.8. The third kappa shape index (κ3) is 3.58. The van der Waals surface area contributed by atoms with E-state index >= 15 is 0 Å². The molecule has 0 aromatic rings. The topological polar surface area (TPSA) is 15.3 Å². The Kier molecular flexibility index (Phi) is 3.59. The summed E-state index contributed by atoms with van der Waals surface area (Å²) in [6.45, 7) is 16.4. The Labute approximate surface area is 89.1 Å². The first-order chi connectivity index (χ1) is 6.31. The van der Waals surface area contributed by atoms with Gasteiger partial charge in [0, 0.05) is 31.7 Å². The van der Waals surface area contributed by atoms with Gasteiger partial charge in [0.1, 0.15) is 0 Å². The summed E-state index contributed by atoms with van der Waals surface area (Å²) in [7, 11) is 0. The molecule has 0 atom stereocenters. The fraction of sp³-hybridized carbons (Fsp3) is 1.00. The van der Waals surface area contributed by atoms with Gasteiger partial charge in [0.25, 0.3) is 0 Å². The van der Waals surface area contributed by atoms with Crippen LogP contribution in [0.15, 0.2) is 0 Å². The van der Waals surface area contributed by atoms with Gasteiger partial charge >= 0.3 is 0 Å². The average molecular weight is 198 g/mol. The van der Waals surface area contributed by atoms with E-state index in [1.54, 1.807) is 0 Å². The van der Waals surface area contributed by atoms with E-state index in [0.717, 1.165) is 13.1 Å². The van der Waals surface area contributed by atoms with Gasteiger partial charge in [-0.25, -0.2) is 0 Å². The highest BCUT2D eigenvalue weighted by atomic mass is 15.2. The van der Waals surface area contributed by atoms with E-state index in [-0.39, 0.29) is 0 Å². The van der Waals surface area contributed by atoms with Crippen molar-refractivity contribution in [1.82, 2.24) is 10.2 Å². The Hall–Kier alpha value is -0.0800. The fourth-order valence-electron chi connectivity index (χ4n) is 2.68. The second-order valence-electron chi connectivity index (χ2n) is 6.29. The average Bonchev–Trinajstić information content (AvgIpc) is 2.01. The lowest BCUT2D eigenvalue weighted by molar-refractivity contribution is 0.0656. The van der Waals surface area contributed by atoms with E-state index in [2.05, 4.69) is 44.8 Å². The molecule has 14 heavy (non-hydrogen) atoms. The summed E-state index contributed by atoms with van der Waals surface area (Å²) in [6.07, 6.45) is 1.26. The molecule has 1 heterocycles. The molecule has 2 nitrogen and oxygen atoms in total. The predicted molar refractivity (Wildman–Crippen MR) is 62.6 cm³/mol. The normalized spacial score (nSPS) is 21.2. The third-order valence-corrected chi connectivity index (χ3v) is 2.94. The van der Waals surface area contributed by atoms with Gasteiger partial charge in [-0.05, 0) is 25.7 Å². The van der Waals surface area contributed by atoms with Crippen LogP contribution in [-0.4, -0.2) is 36.6 Å². The minimum Gasteiger partial charge on any atom is -0.314 e. The van der Waals surface area contributed by atoms with Crippen LogP contribution < -0.4 is 5.32 Å². The van der Waals surface area contributed by atoms with Crippen LogP contribution in [0.25, 0.3) is 0 Å².